The molecule has 0 spiro atoms. The van der Waals surface area contributed by atoms with E-state index < -0.39 is 0 Å². The molecule has 1 aliphatic carbocycles. The Labute approximate surface area is 162 Å². The number of benzene rings is 2. The quantitative estimate of drug-likeness (QED) is 0.765. The minimum absolute atomic E-state index is 0.0806. The van der Waals surface area contributed by atoms with Crippen molar-refractivity contribution in [3.8, 4) is 5.75 Å². The number of carbonyl (C=O) groups excluding carboxylic acids is 1. The van der Waals surface area contributed by atoms with Crippen LogP contribution in [0, 0.1) is 17.8 Å². The molecule has 2 aromatic carbocycles. The predicted octanol–water partition coefficient (Wildman–Crippen LogP) is 4.55. The predicted molar refractivity (Wildman–Crippen MR) is 108 cm³/mol. The second kappa shape index (κ2) is 7.85. The molecule has 1 unspecified atom stereocenters. The Hall–Kier alpha value is -2.13. The van der Waals surface area contributed by atoms with Gasteiger partial charge in [0.15, 0.2) is 5.78 Å². The van der Waals surface area contributed by atoms with Crippen LogP contribution in [0.5, 0.6) is 5.75 Å². The summed E-state index contributed by atoms with van der Waals surface area (Å²) in [5, 5.41) is 9.42. The topological polar surface area (TPSA) is 40.5 Å². The van der Waals surface area contributed by atoms with Crippen LogP contribution in [-0.2, 0) is 6.42 Å². The number of rotatable bonds is 6. The lowest BCUT2D eigenvalue weighted by molar-refractivity contribution is 0.0856. The van der Waals surface area contributed by atoms with Crippen LogP contribution >= 0.6 is 0 Å². The number of nitrogens with zero attached hydrogens (tertiary/aromatic N) is 1. The lowest BCUT2D eigenvalue weighted by atomic mass is 9.96. The Bertz CT molecular complexity index is 757. The number of hydrogen-bond donors (Lipinski definition) is 1. The normalized spacial score (nSPS) is 24.0. The summed E-state index contributed by atoms with van der Waals surface area (Å²) in [5.74, 6) is 2.71. The number of ketones is 1. The fourth-order valence-electron chi connectivity index (χ4n) is 5.06. The molecule has 3 atom stereocenters. The molecule has 0 amide bonds. The van der Waals surface area contributed by atoms with Crippen LogP contribution in [0.3, 0.4) is 0 Å². The molecule has 0 aromatic heterocycles. The average molecular weight is 364 g/mol. The maximum atomic E-state index is 12.8. The average Bonchev–Trinajstić information content (AvgIpc) is 3.25. The van der Waals surface area contributed by atoms with Gasteiger partial charge in [0, 0.05) is 18.7 Å². The van der Waals surface area contributed by atoms with Crippen molar-refractivity contribution in [1.29, 1.82) is 0 Å². The summed E-state index contributed by atoms with van der Waals surface area (Å²) in [7, 11) is 0. The SMILES string of the molecule is CC(C(=O)c1ccc(O)cc1)N1C[C@@H]2CC(CCc3ccccc3)C[C@H]2C1. The highest BCUT2D eigenvalue weighted by molar-refractivity contribution is 5.99. The maximum absolute atomic E-state index is 12.8. The number of hydrogen-bond acceptors (Lipinski definition) is 3. The second-order valence-corrected chi connectivity index (χ2v) is 8.42. The Balaban J connectivity index is 1.29. The van der Waals surface area contributed by atoms with Gasteiger partial charge in [0.05, 0.1) is 6.04 Å². The van der Waals surface area contributed by atoms with Gasteiger partial charge in [-0.15, -0.1) is 0 Å². The van der Waals surface area contributed by atoms with Gasteiger partial charge in [-0.25, -0.2) is 0 Å². The molecule has 1 saturated heterocycles. The number of phenolic OH excluding ortho intramolecular Hbond substituents is 1. The van der Waals surface area contributed by atoms with E-state index in [-0.39, 0.29) is 17.6 Å². The third kappa shape index (κ3) is 4.08. The molecule has 2 fully saturated rings. The van der Waals surface area contributed by atoms with Gasteiger partial charge in [0.1, 0.15) is 5.75 Å². The third-order valence-electron chi connectivity index (χ3n) is 6.64. The molecule has 4 rings (SSSR count). The fraction of sp³-hybridized carbons (Fsp3) is 0.458. The standard InChI is InChI=1S/C24H29NO2/c1-17(24(27)20-9-11-23(26)12-10-20)25-15-21-13-19(14-22(21)16-25)8-7-18-5-3-2-4-6-18/h2-6,9-12,17,19,21-22,26H,7-8,13-16H2,1H3/t17?,21-,22-/m0/s1. The number of carbonyl (C=O) groups is 1. The molecule has 3 heteroatoms. The van der Waals surface area contributed by atoms with Crippen LogP contribution < -0.4 is 0 Å². The summed E-state index contributed by atoms with van der Waals surface area (Å²) in [4.78, 5) is 15.1. The molecular weight excluding hydrogens is 334 g/mol. The third-order valence-corrected chi connectivity index (χ3v) is 6.64. The van der Waals surface area contributed by atoms with E-state index in [1.54, 1.807) is 24.3 Å². The van der Waals surface area contributed by atoms with Crippen molar-refractivity contribution in [3.05, 3.63) is 65.7 Å². The molecule has 1 aliphatic heterocycles. The van der Waals surface area contributed by atoms with Gasteiger partial charge >= 0.3 is 0 Å². The van der Waals surface area contributed by atoms with E-state index in [0.717, 1.165) is 30.8 Å². The lowest BCUT2D eigenvalue weighted by Gasteiger charge is -2.25. The van der Waals surface area contributed by atoms with Crippen molar-refractivity contribution in [2.75, 3.05) is 13.1 Å². The van der Waals surface area contributed by atoms with Gasteiger partial charge in [0.25, 0.3) is 0 Å². The first-order chi connectivity index (χ1) is 13.1. The van der Waals surface area contributed by atoms with E-state index in [0.29, 0.717) is 5.56 Å². The van der Waals surface area contributed by atoms with E-state index in [2.05, 4.69) is 35.2 Å². The minimum Gasteiger partial charge on any atom is -0.508 e. The Morgan fingerprint density at radius 2 is 1.67 bits per heavy atom. The summed E-state index contributed by atoms with van der Waals surface area (Å²) in [6.07, 6.45) is 5.10. The first kappa shape index (κ1) is 18.2. The number of likely N-dealkylation sites (tertiary alicyclic amines) is 1. The molecule has 142 valence electrons. The van der Waals surface area contributed by atoms with Crippen molar-refractivity contribution < 1.29 is 9.90 Å². The van der Waals surface area contributed by atoms with Crippen LogP contribution in [0.15, 0.2) is 54.6 Å². The van der Waals surface area contributed by atoms with Gasteiger partial charge in [0.2, 0.25) is 0 Å². The van der Waals surface area contributed by atoms with Gasteiger partial charge in [-0.1, -0.05) is 30.3 Å². The van der Waals surface area contributed by atoms with Crippen LogP contribution in [-0.4, -0.2) is 34.9 Å². The lowest BCUT2D eigenvalue weighted by Crippen LogP contribution is -2.38. The highest BCUT2D eigenvalue weighted by Gasteiger charge is 2.42. The van der Waals surface area contributed by atoms with E-state index in [9.17, 15) is 9.90 Å². The molecule has 27 heavy (non-hydrogen) atoms. The first-order valence-electron chi connectivity index (χ1n) is 10.2. The molecule has 0 bridgehead atoms. The van der Waals surface area contributed by atoms with E-state index in [4.69, 9.17) is 0 Å². The zero-order chi connectivity index (χ0) is 18.8. The van der Waals surface area contributed by atoms with Crippen molar-refractivity contribution in [1.82, 2.24) is 4.90 Å². The summed E-state index contributed by atoms with van der Waals surface area (Å²) in [5.41, 5.74) is 2.14. The molecule has 1 heterocycles. The van der Waals surface area contributed by atoms with E-state index >= 15 is 0 Å². The summed E-state index contributed by atoms with van der Waals surface area (Å²) in [6, 6.07) is 17.4. The molecule has 2 aliphatic rings. The monoisotopic (exact) mass is 363 g/mol. The first-order valence-corrected chi connectivity index (χ1v) is 10.2. The van der Waals surface area contributed by atoms with Crippen molar-refractivity contribution in [2.24, 2.45) is 17.8 Å². The van der Waals surface area contributed by atoms with Crippen molar-refractivity contribution in [2.45, 2.75) is 38.6 Å². The van der Waals surface area contributed by atoms with Crippen molar-refractivity contribution >= 4 is 5.78 Å². The number of Topliss-reactive ketones (excluding diaryl/α,β-unsaturated/α-hetero) is 1. The van der Waals surface area contributed by atoms with Crippen molar-refractivity contribution in [3.63, 3.8) is 0 Å². The number of aromatic hydroxyl groups is 1. The number of fused-ring (bicyclic) bond motifs is 1. The summed E-state index contributed by atoms with van der Waals surface area (Å²) in [6.45, 7) is 4.14. The number of aryl methyl sites for hydroxylation is 1. The summed E-state index contributed by atoms with van der Waals surface area (Å²) < 4.78 is 0. The highest BCUT2D eigenvalue weighted by atomic mass is 16.3. The van der Waals surface area contributed by atoms with E-state index in [1.807, 2.05) is 6.92 Å². The number of phenols is 1. The van der Waals surface area contributed by atoms with Gasteiger partial charge in [-0.05, 0) is 80.2 Å². The molecular formula is C24H29NO2. The Morgan fingerprint density at radius 1 is 1.04 bits per heavy atom. The highest BCUT2D eigenvalue weighted by Crippen LogP contribution is 2.43. The van der Waals surface area contributed by atoms with E-state index in [1.165, 1.54) is 31.2 Å². The molecule has 2 aromatic rings. The van der Waals surface area contributed by atoms with Crippen LogP contribution in [0.25, 0.3) is 0 Å². The molecule has 3 nitrogen and oxygen atoms in total. The maximum Gasteiger partial charge on any atom is 0.179 e. The largest absolute Gasteiger partial charge is 0.508 e. The fourth-order valence-corrected chi connectivity index (χ4v) is 5.06. The molecule has 1 N–H and O–H groups in total. The smallest absolute Gasteiger partial charge is 0.179 e. The zero-order valence-electron chi connectivity index (χ0n) is 16.1. The summed E-state index contributed by atoms with van der Waals surface area (Å²) >= 11 is 0. The molecule has 0 radical (unpaired) electrons. The zero-order valence-corrected chi connectivity index (χ0v) is 16.1. The Morgan fingerprint density at radius 3 is 2.30 bits per heavy atom. The second-order valence-electron chi connectivity index (χ2n) is 8.42. The van der Waals surface area contributed by atoms with Crippen LogP contribution in [0.2, 0.25) is 0 Å². The Kier molecular flexibility index (Phi) is 5.31. The van der Waals surface area contributed by atoms with Crippen LogP contribution in [0.4, 0.5) is 0 Å². The van der Waals surface area contributed by atoms with Gasteiger partial charge < -0.3 is 5.11 Å². The van der Waals surface area contributed by atoms with Crippen LogP contribution in [0.1, 0.15) is 42.1 Å². The van der Waals surface area contributed by atoms with Gasteiger partial charge in [-0.2, -0.15) is 0 Å². The minimum atomic E-state index is -0.0806. The van der Waals surface area contributed by atoms with Gasteiger partial charge in [-0.3, -0.25) is 9.69 Å². The molecule has 1 saturated carbocycles.